The van der Waals surface area contributed by atoms with Crippen LogP contribution in [-0.2, 0) is 9.53 Å². The molecular weight excluding hydrogens is 160 g/mol. The van der Waals surface area contributed by atoms with Crippen LogP contribution in [0.2, 0.25) is 0 Å². The second kappa shape index (κ2) is 6.28. The molecule has 0 aromatic heterocycles. The Bertz CT molecular complexity index is 143. The fourth-order valence-electron chi connectivity index (χ4n) is 0.504. The molecule has 0 heterocycles. The molecular formula is C8H14O2S. The van der Waals surface area contributed by atoms with Crippen LogP contribution in [-0.4, -0.2) is 24.6 Å². The van der Waals surface area contributed by atoms with Crippen LogP contribution in [0.4, 0.5) is 0 Å². The number of methoxy groups -OCH3 is 1. The normalized spacial score (nSPS) is 9.27. The number of ether oxygens (including phenoxy) is 1. The van der Waals surface area contributed by atoms with Gasteiger partial charge in [0.2, 0.25) is 0 Å². The van der Waals surface area contributed by atoms with E-state index in [4.69, 9.17) is 0 Å². The van der Waals surface area contributed by atoms with E-state index in [0.717, 1.165) is 17.1 Å². The van der Waals surface area contributed by atoms with Crippen LogP contribution >= 0.6 is 11.8 Å². The molecule has 0 radical (unpaired) electrons. The molecule has 0 saturated carbocycles. The smallest absolute Gasteiger partial charge is 0.306 e. The fourth-order valence-corrected chi connectivity index (χ4v) is 1.31. The van der Waals surface area contributed by atoms with Crippen molar-refractivity contribution in [3.8, 4) is 0 Å². The van der Waals surface area contributed by atoms with Gasteiger partial charge in [-0.1, -0.05) is 12.2 Å². The van der Waals surface area contributed by atoms with E-state index in [1.807, 2.05) is 6.92 Å². The minimum atomic E-state index is -0.140. The summed E-state index contributed by atoms with van der Waals surface area (Å²) in [5.41, 5.74) is 1.14. The van der Waals surface area contributed by atoms with E-state index in [9.17, 15) is 4.79 Å². The molecule has 0 aliphatic rings. The summed E-state index contributed by atoms with van der Waals surface area (Å²) in [6, 6.07) is 0. The van der Waals surface area contributed by atoms with Gasteiger partial charge in [0.1, 0.15) is 0 Å². The molecule has 0 fully saturated rings. The summed E-state index contributed by atoms with van der Waals surface area (Å²) in [6.45, 7) is 5.73. The highest BCUT2D eigenvalue weighted by molar-refractivity contribution is 7.99. The minimum Gasteiger partial charge on any atom is -0.469 e. The molecule has 0 spiro atoms. The molecule has 2 nitrogen and oxygen atoms in total. The number of hydrogen-bond donors (Lipinski definition) is 0. The summed E-state index contributed by atoms with van der Waals surface area (Å²) >= 11 is 1.70. The maximum absolute atomic E-state index is 10.6. The largest absolute Gasteiger partial charge is 0.469 e. The second-order valence-electron chi connectivity index (χ2n) is 2.34. The Kier molecular flexibility index (Phi) is 6.03. The first kappa shape index (κ1) is 10.6. The predicted octanol–water partition coefficient (Wildman–Crippen LogP) is 1.86. The van der Waals surface area contributed by atoms with Crippen LogP contribution in [0.3, 0.4) is 0 Å². The van der Waals surface area contributed by atoms with Gasteiger partial charge >= 0.3 is 5.97 Å². The van der Waals surface area contributed by atoms with Gasteiger partial charge in [-0.2, -0.15) is 11.8 Å². The third-order valence-electron chi connectivity index (χ3n) is 1.03. The average molecular weight is 174 g/mol. The van der Waals surface area contributed by atoms with E-state index in [-0.39, 0.29) is 5.97 Å². The predicted molar refractivity (Wildman–Crippen MR) is 48.8 cm³/mol. The highest BCUT2D eigenvalue weighted by atomic mass is 32.2. The lowest BCUT2D eigenvalue weighted by Gasteiger charge is -1.99. The summed E-state index contributed by atoms with van der Waals surface area (Å²) in [4.78, 5) is 10.6. The monoisotopic (exact) mass is 174 g/mol. The van der Waals surface area contributed by atoms with Gasteiger partial charge in [0, 0.05) is 11.5 Å². The Morgan fingerprint density at radius 1 is 1.64 bits per heavy atom. The Morgan fingerprint density at radius 3 is 2.73 bits per heavy atom. The third-order valence-corrected chi connectivity index (χ3v) is 2.22. The molecule has 0 aromatic carbocycles. The van der Waals surface area contributed by atoms with Gasteiger partial charge in [-0.05, 0) is 6.92 Å². The molecule has 0 amide bonds. The Balaban J connectivity index is 3.14. The van der Waals surface area contributed by atoms with Crippen LogP contribution in [0.25, 0.3) is 0 Å². The van der Waals surface area contributed by atoms with E-state index < -0.39 is 0 Å². The zero-order valence-corrected chi connectivity index (χ0v) is 7.87. The molecule has 0 unspecified atom stereocenters. The molecule has 3 heteroatoms. The Hall–Kier alpha value is -0.440. The van der Waals surface area contributed by atoms with Crippen molar-refractivity contribution in [2.24, 2.45) is 0 Å². The van der Waals surface area contributed by atoms with Crippen molar-refractivity contribution in [3.63, 3.8) is 0 Å². The topological polar surface area (TPSA) is 26.3 Å². The minimum absolute atomic E-state index is 0.140. The van der Waals surface area contributed by atoms with Crippen LogP contribution in [0, 0.1) is 0 Å². The van der Waals surface area contributed by atoms with E-state index in [1.165, 1.54) is 7.11 Å². The summed E-state index contributed by atoms with van der Waals surface area (Å²) in [6.07, 6.45) is 0.494. The summed E-state index contributed by atoms with van der Waals surface area (Å²) in [5, 5.41) is 0. The van der Waals surface area contributed by atoms with E-state index in [0.29, 0.717) is 6.42 Å². The maximum atomic E-state index is 10.6. The summed E-state index contributed by atoms with van der Waals surface area (Å²) < 4.78 is 4.48. The molecule has 64 valence electrons. The van der Waals surface area contributed by atoms with Crippen LogP contribution in [0.5, 0.6) is 0 Å². The molecule has 0 rings (SSSR count). The first-order chi connectivity index (χ1) is 5.16. The first-order valence-electron chi connectivity index (χ1n) is 3.45. The molecule has 0 N–H and O–H groups in total. The Labute approximate surface area is 72.0 Å². The van der Waals surface area contributed by atoms with Crippen molar-refractivity contribution in [2.45, 2.75) is 13.3 Å². The lowest BCUT2D eigenvalue weighted by Crippen LogP contribution is -2.01. The fraction of sp³-hybridized carbons (Fsp3) is 0.625. The lowest BCUT2D eigenvalue weighted by atomic mass is 10.4. The van der Waals surface area contributed by atoms with Gasteiger partial charge in [0.15, 0.2) is 0 Å². The Morgan fingerprint density at radius 2 is 2.27 bits per heavy atom. The zero-order valence-electron chi connectivity index (χ0n) is 7.05. The SMILES string of the molecule is C=C(C)CSCCC(=O)OC. The quantitative estimate of drug-likeness (QED) is 0.361. The molecule has 0 aliphatic heterocycles. The summed E-state index contributed by atoms with van der Waals surface area (Å²) in [5.74, 6) is 1.61. The van der Waals surface area contributed by atoms with Crippen LogP contribution in [0.15, 0.2) is 12.2 Å². The van der Waals surface area contributed by atoms with Crippen LogP contribution < -0.4 is 0 Å². The summed E-state index contributed by atoms with van der Waals surface area (Å²) in [7, 11) is 1.41. The molecule has 11 heavy (non-hydrogen) atoms. The molecule has 0 atom stereocenters. The number of carbonyl (C=O) groups excluding carboxylic acids is 1. The van der Waals surface area contributed by atoms with Crippen LogP contribution in [0.1, 0.15) is 13.3 Å². The number of esters is 1. The standard InChI is InChI=1S/C8H14O2S/c1-7(2)6-11-5-4-8(9)10-3/h1,4-6H2,2-3H3. The molecule has 0 aromatic rings. The average Bonchev–Trinajstić information content (AvgIpc) is 1.97. The second-order valence-corrected chi connectivity index (χ2v) is 3.44. The van der Waals surface area contributed by atoms with Crippen molar-refractivity contribution in [1.82, 2.24) is 0 Å². The number of thioether (sulfide) groups is 1. The molecule has 0 aliphatic carbocycles. The lowest BCUT2D eigenvalue weighted by molar-refractivity contribution is -0.140. The van der Waals surface area contributed by atoms with Gasteiger partial charge in [-0.3, -0.25) is 4.79 Å². The number of carbonyl (C=O) groups is 1. The number of hydrogen-bond acceptors (Lipinski definition) is 3. The maximum Gasteiger partial charge on any atom is 0.306 e. The first-order valence-corrected chi connectivity index (χ1v) is 4.61. The van der Waals surface area contributed by atoms with Gasteiger partial charge in [-0.25, -0.2) is 0 Å². The van der Waals surface area contributed by atoms with E-state index >= 15 is 0 Å². The van der Waals surface area contributed by atoms with E-state index in [2.05, 4.69) is 11.3 Å². The van der Waals surface area contributed by atoms with Crippen molar-refractivity contribution in [3.05, 3.63) is 12.2 Å². The molecule has 0 bridgehead atoms. The zero-order chi connectivity index (χ0) is 8.69. The van der Waals surface area contributed by atoms with Crippen molar-refractivity contribution >= 4 is 17.7 Å². The van der Waals surface area contributed by atoms with Crippen molar-refractivity contribution < 1.29 is 9.53 Å². The highest BCUT2D eigenvalue weighted by Crippen LogP contribution is 2.06. The third kappa shape index (κ3) is 7.46. The van der Waals surface area contributed by atoms with Gasteiger partial charge < -0.3 is 4.74 Å². The number of rotatable bonds is 5. The van der Waals surface area contributed by atoms with E-state index in [1.54, 1.807) is 11.8 Å². The molecule has 0 saturated heterocycles. The van der Waals surface area contributed by atoms with Crippen molar-refractivity contribution in [1.29, 1.82) is 0 Å². The van der Waals surface area contributed by atoms with Gasteiger partial charge in [-0.15, -0.1) is 0 Å². The highest BCUT2D eigenvalue weighted by Gasteiger charge is 1.98. The van der Waals surface area contributed by atoms with Crippen molar-refractivity contribution in [2.75, 3.05) is 18.6 Å². The van der Waals surface area contributed by atoms with Gasteiger partial charge in [0.05, 0.1) is 13.5 Å². The van der Waals surface area contributed by atoms with Gasteiger partial charge in [0.25, 0.3) is 0 Å².